The van der Waals surface area contributed by atoms with E-state index in [0.717, 1.165) is 11.1 Å². The molecule has 6 heteroatoms. The molecule has 0 bridgehead atoms. The van der Waals surface area contributed by atoms with E-state index in [4.69, 9.17) is 4.74 Å². The number of nitrogens with zero attached hydrogens (tertiary/aromatic N) is 2. The molecule has 112 valence electrons. The Hall–Kier alpha value is -2.47. The van der Waals surface area contributed by atoms with Gasteiger partial charge in [0.25, 0.3) is 5.56 Å². The van der Waals surface area contributed by atoms with Crippen LogP contribution < -0.4 is 5.56 Å². The Morgan fingerprint density at radius 2 is 2.27 bits per heavy atom. The molecule has 0 spiro atoms. The third kappa shape index (κ3) is 2.78. The quantitative estimate of drug-likeness (QED) is 0.694. The Bertz CT molecular complexity index is 869. The van der Waals surface area contributed by atoms with E-state index in [1.54, 1.807) is 23.6 Å². The number of ether oxygens (including phenoxy) is 1. The highest BCUT2D eigenvalue weighted by Gasteiger charge is 2.15. The van der Waals surface area contributed by atoms with Crippen molar-refractivity contribution in [2.75, 3.05) is 6.61 Å². The Morgan fingerprint density at radius 1 is 1.41 bits per heavy atom. The van der Waals surface area contributed by atoms with Crippen molar-refractivity contribution in [1.29, 1.82) is 0 Å². The highest BCUT2D eigenvalue weighted by Crippen LogP contribution is 2.08. The highest BCUT2D eigenvalue weighted by molar-refractivity contribution is 7.07. The number of fused-ring (bicyclic) bond motifs is 1. The summed E-state index contributed by atoms with van der Waals surface area (Å²) < 4.78 is 6.54. The first-order valence-corrected chi connectivity index (χ1v) is 7.76. The molecule has 0 radical (unpaired) electrons. The SMILES string of the molecule is Cc1cccn2c(=O)c(C(=O)OCCc3ccsc3)cnc12. The van der Waals surface area contributed by atoms with E-state index in [1.165, 1.54) is 10.6 Å². The summed E-state index contributed by atoms with van der Waals surface area (Å²) >= 11 is 1.60. The zero-order chi connectivity index (χ0) is 15.5. The van der Waals surface area contributed by atoms with Gasteiger partial charge in [-0.3, -0.25) is 9.20 Å². The minimum atomic E-state index is -0.636. The number of hydrogen-bond donors (Lipinski definition) is 0. The van der Waals surface area contributed by atoms with Gasteiger partial charge in [-0.1, -0.05) is 6.07 Å². The molecule has 0 atom stereocenters. The van der Waals surface area contributed by atoms with Crippen molar-refractivity contribution in [3.63, 3.8) is 0 Å². The van der Waals surface area contributed by atoms with Crippen LogP contribution in [0.3, 0.4) is 0 Å². The molecule has 0 saturated heterocycles. The standard InChI is InChI=1S/C16H14N2O3S/c1-11-3-2-6-18-14(11)17-9-13(15(18)19)16(20)21-7-4-12-5-8-22-10-12/h2-3,5-6,8-10H,4,7H2,1H3. The molecule has 3 rings (SSSR count). The molecule has 3 heterocycles. The molecule has 0 aliphatic heterocycles. The van der Waals surface area contributed by atoms with Crippen molar-refractivity contribution in [2.24, 2.45) is 0 Å². The molecular formula is C16H14N2O3S. The fourth-order valence-corrected chi connectivity index (χ4v) is 2.86. The third-order valence-corrected chi connectivity index (χ3v) is 4.08. The molecule has 0 aliphatic carbocycles. The molecule has 0 aliphatic rings. The second kappa shape index (κ2) is 6.11. The van der Waals surface area contributed by atoms with E-state index in [1.807, 2.05) is 29.8 Å². The normalized spacial score (nSPS) is 10.8. The van der Waals surface area contributed by atoms with Gasteiger partial charge >= 0.3 is 5.97 Å². The van der Waals surface area contributed by atoms with Crippen LogP contribution in [0, 0.1) is 6.92 Å². The van der Waals surface area contributed by atoms with Gasteiger partial charge in [0, 0.05) is 18.8 Å². The maximum Gasteiger partial charge on any atom is 0.345 e. The summed E-state index contributed by atoms with van der Waals surface area (Å²) in [4.78, 5) is 28.6. The van der Waals surface area contributed by atoms with Gasteiger partial charge in [0.2, 0.25) is 0 Å². The summed E-state index contributed by atoms with van der Waals surface area (Å²) in [7, 11) is 0. The van der Waals surface area contributed by atoms with E-state index in [9.17, 15) is 9.59 Å². The largest absolute Gasteiger partial charge is 0.462 e. The molecule has 3 aromatic rings. The van der Waals surface area contributed by atoms with E-state index in [2.05, 4.69) is 4.98 Å². The molecule has 0 aromatic carbocycles. The number of thiophene rings is 1. The van der Waals surface area contributed by atoms with Crippen molar-refractivity contribution in [3.8, 4) is 0 Å². The van der Waals surface area contributed by atoms with Crippen LogP contribution in [-0.2, 0) is 11.2 Å². The Balaban J connectivity index is 1.79. The number of carbonyl (C=O) groups excluding carboxylic acids is 1. The zero-order valence-corrected chi connectivity index (χ0v) is 12.8. The smallest absolute Gasteiger partial charge is 0.345 e. The first-order valence-electron chi connectivity index (χ1n) is 6.82. The second-order valence-electron chi connectivity index (χ2n) is 4.88. The van der Waals surface area contributed by atoms with Crippen molar-refractivity contribution in [2.45, 2.75) is 13.3 Å². The summed E-state index contributed by atoms with van der Waals surface area (Å²) in [5, 5.41) is 3.97. The molecule has 0 saturated carbocycles. The van der Waals surface area contributed by atoms with Gasteiger partial charge in [-0.05, 0) is 40.9 Å². The van der Waals surface area contributed by atoms with E-state index in [0.29, 0.717) is 12.1 Å². The minimum Gasteiger partial charge on any atom is -0.462 e. The molecule has 0 unspecified atom stereocenters. The first-order chi connectivity index (χ1) is 10.7. The van der Waals surface area contributed by atoms with Gasteiger partial charge < -0.3 is 4.74 Å². The second-order valence-corrected chi connectivity index (χ2v) is 5.66. The molecular weight excluding hydrogens is 300 g/mol. The average Bonchev–Trinajstić information content (AvgIpc) is 3.02. The summed E-state index contributed by atoms with van der Waals surface area (Å²) in [6.45, 7) is 2.10. The average molecular weight is 314 g/mol. The van der Waals surface area contributed by atoms with Gasteiger partial charge in [0.05, 0.1) is 6.61 Å². The van der Waals surface area contributed by atoms with Gasteiger partial charge in [-0.2, -0.15) is 11.3 Å². The summed E-state index contributed by atoms with van der Waals surface area (Å²) in [6, 6.07) is 5.59. The predicted octanol–water partition coefficient (Wildman–Crippen LogP) is 2.46. The van der Waals surface area contributed by atoms with E-state index in [-0.39, 0.29) is 12.2 Å². The van der Waals surface area contributed by atoms with Crippen molar-refractivity contribution < 1.29 is 9.53 Å². The third-order valence-electron chi connectivity index (χ3n) is 3.35. The maximum absolute atomic E-state index is 12.3. The number of carbonyl (C=O) groups is 1. The topological polar surface area (TPSA) is 60.7 Å². The zero-order valence-electron chi connectivity index (χ0n) is 12.0. The van der Waals surface area contributed by atoms with Crippen LogP contribution in [0.2, 0.25) is 0 Å². The number of aromatic nitrogens is 2. The van der Waals surface area contributed by atoms with Crippen LogP contribution in [0.25, 0.3) is 5.65 Å². The molecule has 3 aromatic heterocycles. The molecule has 0 N–H and O–H groups in total. The lowest BCUT2D eigenvalue weighted by atomic mass is 10.2. The molecule has 0 fully saturated rings. The van der Waals surface area contributed by atoms with E-state index >= 15 is 0 Å². The molecule has 0 amide bonds. The van der Waals surface area contributed by atoms with Gasteiger partial charge in [-0.25, -0.2) is 9.78 Å². The minimum absolute atomic E-state index is 0.0478. The summed E-state index contributed by atoms with van der Waals surface area (Å²) in [5.41, 5.74) is 2.07. The van der Waals surface area contributed by atoms with Gasteiger partial charge in [0.15, 0.2) is 0 Å². The fourth-order valence-electron chi connectivity index (χ4n) is 2.16. The number of hydrogen-bond acceptors (Lipinski definition) is 5. The Kier molecular flexibility index (Phi) is 4.02. The number of pyridine rings is 1. The highest BCUT2D eigenvalue weighted by atomic mass is 32.1. The predicted molar refractivity (Wildman–Crippen MR) is 84.5 cm³/mol. The van der Waals surface area contributed by atoms with Crippen molar-refractivity contribution >= 4 is 23.0 Å². The number of esters is 1. The maximum atomic E-state index is 12.3. The lowest BCUT2D eigenvalue weighted by Crippen LogP contribution is -2.25. The van der Waals surface area contributed by atoms with Gasteiger partial charge in [-0.15, -0.1) is 0 Å². The van der Waals surface area contributed by atoms with Crippen LogP contribution >= 0.6 is 11.3 Å². The van der Waals surface area contributed by atoms with Crippen LogP contribution in [0.5, 0.6) is 0 Å². The number of rotatable bonds is 4. The van der Waals surface area contributed by atoms with Crippen molar-refractivity contribution in [3.05, 3.63) is 68.4 Å². The van der Waals surface area contributed by atoms with Crippen molar-refractivity contribution in [1.82, 2.24) is 9.38 Å². The monoisotopic (exact) mass is 314 g/mol. The summed E-state index contributed by atoms with van der Waals surface area (Å²) in [5.74, 6) is -0.636. The summed E-state index contributed by atoms with van der Waals surface area (Å²) in [6.07, 6.45) is 3.52. The van der Waals surface area contributed by atoms with Gasteiger partial charge in [0.1, 0.15) is 11.2 Å². The fraction of sp³-hybridized carbons (Fsp3) is 0.188. The lowest BCUT2D eigenvalue weighted by molar-refractivity contribution is 0.0506. The van der Waals surface area contributed by atoms with E-state index < -0.39 is 11.5 Å². The first kappa shape index (κ1) is 14.5. The molecule has 5 nitrogen and oxygen atoms in total. The lowest BCUT2D eigenvalue weighted by Gasteiger charge is -2.06. The Labute approximate surface area is 130 Å². The van der Waals surface area contributed by atoms with Crippen LogP contribution in [-0.4, -0.2) is 22.0 Å². The van der Waals surface area contributed by atoms with Crippen LogP contribution in [0.1, 0.15) is 21.5 Å². The number of aryl methyl sites for hydroxylation is 1. The van der Waals surface area contributed by atoms with Crippen LogP contribution in [0.4, 0.5) is 0 Å². The van der Waals surface area contributed by atoms with Crippen LogP contribution in [0.15, 0.2) is 46.1 Å². The molecule has 22 heavy (non-hydrogen) atoms. The Morgan fingerprint density at radius 3 is 3.05 bits per heavy atom.